The topological polar surface area (TPSA) is 117 Å². The largest absolute Gasteiger partial charge is 0.466 e. The van der Waals surface area contributed by atoms with Gasteiger partial charge in [0.15, 0.2) is 6.10 Å². The molecule has 0 fully saturated rings. The van der Waals surface area contributed by atoms with E-state index >= 15 is 0 Å². The number of rotatable bonds is 44. The molecule has 0 amide bonds. The number of aliphatic hydroxyl groups excluding tert-OH is 1. The normalized spacial score (nSPS) is 14.1. The van der Waals surface area contributed by atoms with Crippen molar-refractivity contribution in [1.29, 1.82) is 0 Å². The number of unbranched alkanes of at least 4 members (excludes halogenated alkanes) is 18. The van der Waals surface area contributed by atoms with E-state index < -0.39 is 6.10 Å². The van der Waals surface area contributed by atoms with Crippen molar-refractivity contribution in [1.82, 2.24) is 15.5 Å². The zero-order chi connectivity index (χ0) is 43.2. The number of aliphatic hydroxyl groups is 1. The molecule has 0 radical (unpaired) electrons. The van der Waals surface area contributed by atoms with Crippen molar-refractivity contribution < 1.29 is 29.0 Å². The van der Waals surface area contributed by atoms with Crippen molar-refractivity contribution in [2.75, 3.05) is 39.8 Å². The molecule has 0 aliphatic heterocycles. The summed E-state index contributed by atoms with van der Waals surface area (Å²) in [6.07, 6.45) is 34.8. The van der Waals surface area contributed by atoms with Gasteiger partial charge in [-0.2, -0.15) is 0 Å². The van der Waals surface area contributed by atoms with Crippen molar-refractivity contribution in [3.8, 4) is 0 Å². The van der Waals surface area contributed by atoms with E-state index in [1.807, 2.05) is 0 Å². The van der Waals surface area contributed by atoms with E-state index in [4.69, 9.17) is 9.47 Å². The van der Waals surface area contributed by atoms with Crippen molar-refractivity contribution in [2.45, 2.75) is 245 Å². The molecule has 59 heavy (non-hydrogen) atoms. The van der Waals surface area contributed by atoms with Gasteiger partial charge in [0.1, 0.15) is 11.8 Å². The van der Waals surface area contributed by atoms with Crippen LogP contribution in [0.2, 0.25) is 0 Å². The van der Waals surface area contributed by atoms with E-state index in [2.05, 4.69) is 43.2 Å². The van der Waals surface area contributed by atoms with Gasteiger partial charge >= 0.3 is 11.9 Å². The molecule has 0 aromatic rings. The van der Waals surface area contributed by atoms with Gasteiger partial charge in [-0.05, 0) is 89.8 Å². The Morgan fingerprint density at radius 2 is 1.07 bits per heavy atom. The SMILES string of the molecule is CCCCCCCC(CCCCCCC)OC(=O)CCCCCCCN(CCCCCCCC(=O)OCCC(CCCC)CCCC)CCCNC1=C(NC)C(=O)C1O. The standard InChI is InChI=1S/C50H95N3O6/c1-6-10-14-18-24-33-44(34-25-19-15-11-7-2)59-46(55)36-27-21-17-23-29-40-53(41-30-38-52-48-47(51-5)49(56)50(48)57)39-28-22-16-20-26-35-45(54)58-42-37-43(31-12-8-3)32-13-9-4/h43-44,50-52,57H,6-42H2,1-5H3. The van der Waals surface area contributed by atoms with Gasteiger partial charge in [-0.25, -0.2) is 0 Å². The van der Waals surface area contributed by atoms with Gasteiger partial charge < -0.3 is 30.1 Å². The van der Waals surface area contributed by atoms with Gasteiger partial charge in [-0.15, -0.1) is 0 Å². The van der Waals surface area contributed by atoms with Crippen LogP contribution < -0.4 is 10.6 Å². The van der Waals surface area contributed by atoms with Crippen LogP contribution in [0.3, 0.4) is 0 Å². The number of likely N-dealkylation sites (N-methyl/N-ethyl adjacent to an activating group) is 1. The molecule has 1 unspecified atom stereocenters. The maximum Gasteiger partial charge on any atom is 0.306 e. The maximum absolute atomic E-state index is 12.8. The van der Waals surface area contributed by atoms with Gasteiger partial charge in [0, 0.05) is 26.4 Å². The Morgan fingerprint density at radius 3 is 1.61 bits per heavy atom. The molecule has 1 rings (SSSR count). The van der Waals surface area contributed by atoms with Crippen molar-refractivity contribution in [3.05, 3.63) is 11.4 Å². The Labute approximate surface area is 363 Å². The fourth-order valence-corrected chi connectivity index (χ4v) is 8.32. The van der Waals surface area contributed by atoms with Gasteiger partial charge in [0.25, 0.3) is 0 Å². The Morgan fingerprint density at radius 1 is 0.593 bits per heavy atom. The fourth-order valence-electron chi connectivity index (χ4n) is 8.32. The summed E-state index contributed by atoms with van der Waals surface area (Å²) in [5.74, 6) is 0.404. The average Bonchev–Trinajstić information content (AvgIpc) is 3.23. The van der Waals surface area contributed by atoms with Crippen LogP contribution >= 0.6 is 0 Å². The van der Waals surface area contributed by atoms with Crippen molar-refractivity contribution in [3.63, 3.8) is 0 Å². The fraction of sp³-hybridized carbons (Fsp3) is 0.900. The van der Waals surface area contributed by atoms with Crippen LogP contribution in [0.4, 0.5) is 0 Å². The second-order valence-electron chi connectivity index (χ2n) is 17.6. The molecular formula is C50H95N3O6. The van der Waals surface area contributed by atoms with Gasteiger partial charge in [0.2, 0.25) is 5.78 Å². The highest BCUT2D eigenvalue weighted by Gasteiger charge is 2.37. The number of nitrogens with one attached hydrogen (secondary N) is 2. The lowest BCUT2D eigenvalue weighted by Gasteiger charge is -2.29. The zero-order valence-corrected chi connectivity index (χ0v) is 39.3. The van der Waals surface area contributed by atoms with Crippen molar-refractivity contribution in [2.24, 2.45) is 5.92 Å². The zero-order valence-electron chi connectivity index (χ0n) is 39.3. The smallest absolute Gasteiger partial charge is 0.306 e. The molecule has 1 atom stereocenters. The third kappa shape index (κ3) is 28.9. The van der Waals surface area contributed by atoms with Gasteiger partial charge in [-0.1, -0.05) is 156 Å². The summed E-state index contributed by atoms with van der Waals surface area (Å²) in [6.45, 7) is 13.3. The van der Waals surface area contributed by atoms with E-state index in [0.717, 1.165) is 122 Å². The monoisotopic (exact) mass is 834 g/mol. The molecular weight excluding hydrogens is 739 g/mol. The Kier molecular flexibility index (Phi) is 36.1. The Balaban J connectivity index is 2.39. The number of nitrogens with zero attached hydrogens (tertiary/aromatic N) is 1. The van der Waals surface area contributed by atoms with Crippen LogP contribution in [0, 0.1) is 5.92 Å². The predicted molar refractivity (Wildman–Crippen MR) is 246 cm³/mol. The molecule has 3 N–H and O–H groups in total. The van der Waals surface area contributed by atoms with Gasteiger partial charge in [0.05, 0.1) is 12.3 Å². The minimum atomic E-state index is -1.03. The molecule has 0 spiro atoms. The summed E-state index contributed by atoms with van der Waals surface area (Å²) in [5.41, 5.74) is 1.10. The second kappa shape index (κ2) is 38.8. The van der Waals surface area contributed by atoms with Crippen LogP contribution in [-0.2, 0) is 23.9 Å². The summed E-state index contributed by atoms with van der Waals surface area (Å²) >= 11 is 0. The molecule has 0 heterocycles. The number of ether oxygens (including phenoxy) is 2. The number of hydrogen-bond donors (Lipinski definition) is 3. The number of hydrogen-bond acceptors (Lipinski definition) is 9. The highest BCUT2D eigenvalue weighted by atomic mass is 16.5. The second-order valence-corrected chi connectivity index (χ2v) is 17.6. The maximum atomic E-state index is 12.8. The molecule has 346 valence electrons. The van der Waals surface area contributed by atoms with Crippen LogP contribution in [0.15, 0.2) is 11.4 Å². The van der Waals surface area contributed by atoms with Crippen LogP contribution in [0.25, 0.3) is 0 Å². The molecule has 0 saturated heterocycles. The van der Waals surface area contributed by atoms with E-state index in [9.17, 15) is 19.5 Å². The number of Topliss-reactive ketones (excluding diaryl/α,β-unsaturated/α-hetero) is 1. The van der Waals surface area contributed by atoms with E-state index in [0.29, 0.717) is 43.3 Å². The third-order valence-corrected chi connectivity index (χ3v) is 12.2. The summed E-state index contributed by atoms with van der Waals surface area (Å²) in [4.78, 5) is 39.6. The van der Waals surface area contributed by atoms with E-state index in [1.54, 1.807) is 7.05 Å². The molecule has 1 aliphatic rings. The minimum Gasteiger partial charge on any atom is -0.466 e. The molecule has 9 heteroatoms. The average molecular weight is 834 g/mol. The highest BCUT2D eigenvalue weighted by Crippen LogP contribution is 2.22. The summed E-state index contributed by atoms with van der Waals surface area (Å²) in [5, 5.41) is 16.2. The first-order chi connectivity index (χ1) is 28.8. The lowest BCUT2D eigenvalue weighted by molar-refractivity contribution is -0.150. The first-order valence-corrected chi connectivity index (χ1v) is 25.3. The lowest BCUT2D eigenvalue weighted by atomic mass is 9.93. The van der Waals surface area contributed by atoms with Crippen LogP contribution in [-0.4, -0.2) is 79.8 Å². The molecule has 0 aromatic heterocycles. The summed E-state index contributed by atoms with van der Waals surface area (Å²) in [7, 11) is 1.71. The first-order valence-electron chi connectivity index (χ1n) is 25.3. The number of carbonyl (C=O) groups is 3. The first kappa shape index (κ1) is 54.9. The Bertz CT molecular complexity index is 1050. The molecule has 0 bridgehead atoms. The van der Waals surface area contributed by atoms with E-state index in [1.165, 1.54) is 89.9 Å². The molecule has 0 saturated carbocycles. The van der Waals surface area contributed by atoms with Crippen LogP contribution in [0.1, 0.15) is 233 Å². The number of ketones is 1. The van der Waals surface area contributed by atoms with Gasteiger partial charge in [-0.3, -0.25) is 14.4 Å². The highest BCUT2D eigenvalue weighted by molar-refractivity contribution is 6.07. The number of esters is 2. The summed E-state index contributed by atoms with van der Waals surface area (Å²) in [6, 6.07) is 0. The quantitative estimate of drug-likeness (QED) is 0.0407. The number of carbonyl (C=O) groups excluding carboxylic acids is 3. The van der Waals surface area contributed by atoms with Crippen molar-refractivity contribution >= 4 is 17.7 Å². The molecule has 1 aliphatic carbocycles. The lowest BCUT2D eigenvalue weighted by Crippen LogP contribution is -2.47. The third-order valence-electron chi connectivity index (χ3n) is 12.2. The minimum absolute atomic E-state index is 0.00255. The molecule has 0 aromatic carbocycles. The summed E-state index contributed by atoms with van der Waals surface area (Å²) < 4.78 is 11.6. The Hall–Kier alpha value is -2.13. The van der Waals surface area contributed by atoms with E-state index in [-0.39, 0.29) is 23.8 Å². The van der Waals surface area contributed by atoms with Crippen LogP contribution in [0.5, 0.6) is 0 Å². The molecule has 9 nitrogen and oxygen atoms in total. The predicted octanol–water partition coefficient (Wildman–Crippen LogP) is 11.9.